The van der Waals surface area contributed by atoms with E-state index in [1.165, 1.54) is 12.1 Å². The highest BCUT2D eigenvalue weighted by molar-refractivity contribution is 6.67. The van der Waals surface area contributed by atoms with Crippen LogP contribution in [0.2, 0.25) is 0 Å². The number of hydrogen-bond acceptors (Lipinski definition) is 4. The van der Waals surface area contributed by atoms with Gasteiger partial charge in [-0.2, -0.15) is 0 Å². The molecule has 2 N–H and O–H groups in total. The summed E-state index contributed by atoms with van der Waals surface area (Å²) in [6.45, 7) is 0. The molecule has 0 amide bonds. The van der Waals surface area contributed by atoms with Gasteiger partial charge in [-0.15, -0.1) is 0 Å². The molecule has 0 saturated carbocycles. The monoisotopic (exact) mass is 193 g/mol. The Hall–Kier alpha value is -2.17. The van der Waals surface area contributed by atoms with E-state index >= 15 is 0 Å². The summed E-state index contributed by atoms with van der Waals surface area (Å²) in [4.78, 5) is 21.8. The van der Waals surface area contributed by atoms with Crippen molar-refractivity contribution >= 4 is 17.5 Å². The number of carbonyl (C=O) groups excluding carboxylic acids is 1. The van der Waals surface area contributed by atoms with Crippen LogP contribution in [0.15, 0.2) is 35.5 Å². The predicted octanol–water partition coefficient (Wildman–Crippen LogP) is 0.784. The lowest BCUT2D eigenvalue weighted by Gasteiger charge is -1.97. The lowest BCUT2D eigenvalue weighted by Crippen LogP contribution is -2.23. The van der Waals surface area contributed by atoms with Gasteiger partial charge in [-0.1, -0.05) is 35.5 Å². The van der Waals surface area contributed by atoms with E-state index in [4.69, 9.17) is 10.3 Å². The number of benzene rings is 1. The lowest BCUT2D eigenvalue weighted by molar-refractivity contribution is -0.129. The minimum atomic E-state index is -1.55. The van der Waals surface area contributed by atoms with Gasteiger partial charge in [-0.05, 0) is 0 Å². The second-order valence-electron chi connectivity index (χ2n) is 2.45. The number of Topliss-reactive ketones (excluding diaryl/α,β-unsaturated/α-hetero) is 1. The van der Waals surface area contributed by atoms with E-state index in [-0.39, 0.29) is 5.56 Å². The Kier molecular flexibility index (Phi) is 2.96. The molecule has 72 valence electrons. The Morgan fingerprint density at radius 3 is 2.14 bits per heavy atom. The van der Waals surface area contributed by atoms with Gasteiger partial charge in [0.1, 0.15) is 0 Å². The average Bonchev–Trinajstić information content (AvgIpc) is 2.19. The highest BCUT2D eigenvalue weighted by Crippen LogP contribution is 2.01. The van der Waals surface area contributed by atoms with Gasteiger partial charge in [0.15, 0.2) is 0 Å². The molecule has 0 aromatic heterocycles. The maximum absolute atomic E-state index is 11.3. The first-order valence-electron chi connectivity index (χ1n) is 3.72. The molecule has 0 atom stereocenters. The number of carboxylic acids is 1. The summed E-state index contributed by atoms with van der Waals surface area (Å²) in [7, 11) is 0. The van der Waals surface area contributed by atoms with Gasteiger partial charge in [0.2, 0.25) is 11.5 Å². The SMILES string of the molecule is O=C(O)C(=NO)C(=O)c1ccccc1. The fourth-order valence-electron chi connectivity index (χ4n) is 0.912. The standard InChI is InChI=1S/C9H7NO4/c11-8(7(10-14)9(12)13)6-4-2-1-3-5-6/h1-5,14H,(H,12,13). The summed E-state index contributed by atoms with van der Waals surface area (Å²) in [6.07, 6.45) is 0. The number of oxime groups is 1. The first kappa shape index (κ1) is 9.91. The minimum Gasteiger partial charge on any atom is -0.476 e. The van der Waals surface area contributed by atoms with Gasteiger partial charge in [-0.25, -0.2) is 4.79 Å². The molecular formula is C9H7NO4. The van der Waals surface area contributed by atoms with Crippen molar-refractivity contribution in [3.05, 3.63) is 35.9 Å². The zero-order valence-electron chi connectivity index (χ0n) is 7.04. The van der Waals surface area contributed by atoms with E-state index in [1.54, 1.807) is 18.2 Å². The lowest BCUT2D eigenvalue weighted by atomic mass is 10.1. The molecule has 14 heavy (non-hydrogen) atoms. The molecule has 0 saturated heterocycles. The number of aliphatic carboxylic acids is 1. The molecule has 0 aliphatic rings. The van der Waals surface area contributed by atoms with Gasteiger partial charge >= 0.3 is 5.97 Å². The van der Waals surface area contributed by atoms with Crippen molar-refractivity contribution in [2.24, 2.45) is 5.16 Å². The molecule has 1 aromatic rings. The number of hydrogen-bond donors (Lipinski definition) is 2. The van der Waals surface area contributed by atoms with Crippen LogP contribution in [-0.2, 0) is 4.79 Å². The average molecular weight is 193 g/mol. The van der Waals surface area contributed by atoms with Crippen molar-refractivity contribution in [3.63, 3.8) is 0 Å². The molecular weight excluding hydrogens is 186 g/mol. The van der Waals surface area contributed by atoms with Gasteiger partial charge in [0.05, 0.1) is 0 Å². The van der Waals surface area contributed by atoms with Crippen LogP contribution in [0.3, 0.4) is 0 Å². The smallest absolute Gasteiger partial charge is 0.362 e. The molecule has 0 unspecified atom stereocenters. The van der Waals surface area contributed by atoms with E-state index in [0.717, 1.165) is 0 Å². The number of carbonyl (C=O) groups is 2. The van der Waals surface area contributed by atoms with Crippen LogP contribution in [0.25, 0.3) is 0 Å². The number of ketones is 1. The molecule has 1 rings (SSSR count). The van der Waals surface area contributed by atoms with Crippen LogP contribution in [0, 0.1) is 0 Å². The maximum Gasteiger partial charge on any atom is 0.362 e. The molecule has 0 heterocycles. The van der Waals surface area contributed by atoms with Crippen LogP contribution in [0.4, 0.5) is 0 Å². The van der Waals surface area contributed by atoms with E-state index in [9.17, 15) is 9.59 Å². The highest BCUT2D eigenvalue weighted by atomic mass is 16.4. The normalized spacial score (nSPS) is 11.0. The Morgan fingerprint density at radius 1 is 1.14 bits per heavy atom. The predicted molar refractivity (Wildman–Crippen MR) is 47.6 cm³/mol. The molecule has 0 fully saturated rings. The van der Waals surface area contributed by atoms with Gasteiger partial charge in [0.25, 0.3) is 0 Å². The molecule has 0 bridgehead atoms. The van der Waals surface area contributed by atoms with Crippen molar-refractivity contribution in [1.29, 1.82) is 0 Å². The molecule has 1 aromatic carbocycles. The third kappa shape index (κ3) is 1.95. The van der Waals surface area contributed by atoms with Crippen molar-refractivity contribution < 1.29 is 19.9 Å². The molecule has 0 radical (unpaired) electrons. The van der Waals surface area contributed by atoms with Gasteiger partial charge in [-0.3, -0.25) is 4.79 Å². The number of rotatable bonds is 3. The van der Waals surface area contributed by atoms with Crippen molar-refractivity contribution in [2.75, 3.05) is 0 Å². The maximum atomic E-state index is 11.3. The summed E-state index contributed by atoms with van der Waals surface area (Å²) >= 11 is 0. The Balaban J connectivity index is 3.02. The fourth-order valence-corrected chi connectivity index (χ4v) is 0.912. The van der Waals surface area contributed by atoms with Gasteiger partial charge < -0.3 is 10.3 Å². The zero-order chi connectivity index (χ0) is 10.6. The Labute approximate surface area is 79.3 Å². The summed E-state index contributed by atoms with van der Waals surface area (Å²) in [6, 6.07) is 7.74. The minimum absolute atomic E-state index is 0.169. The molecule has 0 spiro atoms. The molecule has 5 heteroatoms. The Morgan fingerprint density at radius 2 is 1.71 bits per heavy atom. The van der Waals surface area contributed by atoms with Crippen LogP contribution in [0.1, 0.15) is 10.4 Å². The number of nitrogens with zero attached hydrogens (tertiary/aromatic N) is 1. The van der Waals surface area contributed by atoms with Crippen molar-refractivity contribution in [2.45, 2.75) is 0 Å². The van der Waals surface area contributed by atoms with E-state index in [2.05, 4.69) is 5.16 Å². The summed E-state index contributed by atoms with van der Waals surface area (Å²) in [5.74, 6) is -2.37. The van der Waals surface area contributed by atoms with Crippen LogP contribution in [0.5, 0.6) is 0 Å². The Bertz CT molecular complexity index is 383. The fraction of sp³-hybridized carbons (Fsp3) is 0. The number of carboxylic acid groups (broad SMARTS) is 1. The van der Waals surface area contributed by atoms with Crippen LogP contribution >= 0.6 is 0 Å². The van der Waals surface area contributed by atoms with E-state index in [0.29, 0.717) is 0 Å². The van der Waals surface area contributed by atoms with Crippen LogP contribution in [-0.4, -0.2) is 27.8 Å². The molecule has 0 aliphatic carbocycles. The van der Waals surface area contributed by atoms with Gasteiger partial charge in [0, 0.05) is 5.56 Å². The third-order valence-corrected chi connectivity index (χ3v) is 1.55. The largest absolute Gasteiger partial charge is 0.476 e. The van der Waals surface area contributed by atoms with Crippen molar-refractivity contribution in [3.8, 4) is 0 Å². The first-order valence-corrected chi connectivity index (χ1v) is 3.72. The third-order valence-electron chi connectivity index (χ3n) is 1.55. The molecule has 5 nitrogen and oxygen atoms in total. The summed E-state index contributed by atoms with van der Waals surface area (Å²) < 4.78 is 0. The molecule has 0 aliphatic heterocycles. The van der Waals surface area contributed by atoms with E-state index < -0.39 is 17.5 Å². The second kappa shape index (κ2) is 4.18. The van der Waals surface area contributed by atoms with Crippen LogP contribution < -0.4 is 0 Å². The second-order valence-corrected chi connectivity index (χ2v) is 2.45. The van der Waals surface area contributed by atoms with Crippen molar-refractivity contribution in [1.82, 2.24) is 0 Å². The quantitative estimate of drug-likeness (QED) is 0.244. The first-order chi connectivity index (χ1) is 6.66. The zero-order valence-corrected chi connectivity index (χ0v) is 7.04. The highest BCUT2D eigenvalue weighted by Gasteiger charge is 2.21. The summed E-state index contributed by atoms with van der Waals surface area (Å²) in [5, 5.41) is 19.2. The summed E-state index contributed by atoms with van der Waals surface area (Å²) in [5.41, 5.74) is -0.723. The van der Waals surface area contributed by atoms with E-state index in [1.807, 2.05) is 0 Å². The topological polar surface area (TPSA) is 87.0 Å².